The van der Waals surface area contributed by atoms with Crippen LogP contribution in [0.2, 0.25) is 0 Å². The molecule has 4 aliphatic rings. The van der Waals surface area contributed by atoms with Gasteiger partial charge in [-0.3, -0.25) is 20.0 Å². The van der Waals surface area contributed by atoms with Crippen molar-refractivity contribution in [3.63, 3.8) is 0 Å². The standard InChI is InChI=1S/C32H34N8.ClH/c1-9-33-29(34-10-1)23-17-24(30-35-11-2-12-36-30)20-7-8-22-26(32-39-15-4-16-40-32)18-25(31-37-13-3-14-38-31)21-6-5-19(23)27(20)28(21)22;/h5-8,17-18H,1-4,9-16H2,(H,33,34)(H,35,36)(H,37,38)(H,39,40);1H. The number of hydrogen-bond donors (Lipinski definition) is 4. The number of benzene rings is 4. The molecule has 0 aliphatic carbocycles. The van der Waals surface area contributed by atoms with E-state index in [2.05, 4.69) is 57.7 Å². The van der Waals surface area contributed by atoms with Crippen molar-refractivity contribution in [1.29, 1.82) is 0 Å². The Balaban J connectivity index is 0.00000276. The molecule has 0 amide bonds. The highest BCUT2D eigenvalue weighted by atomic mass is 35.5. The minimum absolute atomic E-state index is 0. The summed E-state index contributed by atoms with van der Waals surface area (Å²) < 4.78 is 0. The van der Waals surface area contributed by atoms with Crippen LogP contribution in [0.5, 0.6) is 0 Å². The van der Waals surface area contributed by atoms with Gasteiger partial charge >= 0.3 is 0 Å². The highest BCUT2D eigenvalue weighted by Gasteiger charge is 2.25. The molecule has 41 heavy (non-hydrogen) atoms. The summed E-state index contributed by atoms with van der Waals surface area (Å²) in [6, 6.07) is 13.8. The predicted octanol–water partition coefficient (Wildman–Crippen LogP) is 3.97. The van der Waals surface area contributed by atoms with Crippen molar-refractivity contribution in [2.75, 3.05) is 52.4 Å². The molecule has 9 heteroatoms. The maximum atomic E-state index is 4.94. The lowest BCUT2D eigenvalue weighted by Gasteiger charge is -2.25. The molecule has 4 aromatic rings. The normalized spacial score (nSPS) is 19.2. The Hall–Kier alpha value is -3.91. The molecule has 0 aromatic heterocycles. The fourth-order valence-corrected chi connectivity index (χ4v) is 6.63. The van der Waals surface area contributed by atoms with Gasteiger partial charge in [0, 0.05) is 74.6 Å². The van der Waals surface area contributed by atoms with Gasteiger partial charge in [0.25, 0.3) is 0 Å². The van der Waals surface area contributed by atoms with E-state index in [9.17, 15) is 0 Å². The van der Waals surface area contributed by atoms with Crippen molar-refractivity contribution in [3.05, 3.63) is 58.7 Å². The first-order valence-electron chi connectivity index (χ1n) is 14.8. The predicted molar refractivity (Wildman–Crippen MR) is 173 cm³/mol. The molecule has 0 unspecified atom stereocenters. The van der Waals surface area contributed by atoms with Gasteiger partial charge in [-0.25, -0.2) is 0 Å². The lowest BCUT2D eigenvalue weighted by atomic mass is 9.85. The van der Waals surface area contributed by atoms with Crippen molar-refractivity contribution in [1.82, 2.24) is 21.3 Å². The molecule has 0 fully saturated rings. The van der Waals surface area contributed by atoms with Crippen LogP contribution in [0.15, 0.2) is 56.4 Å². The fourth-order valence-electron chi connectivity index (χ4n) is 6.63. The quantitative estimate of drug-likeness (QED) is 0.281. The zero-order valence-electron chi connectivity index (χ0n) is 23.1. The second-order valence-electron chi connectivity index (χ2n) is 11.1. The monoisotopic (exact) mass is 566 g/mol. The average Bonchev–Trinajstić information content (AvgIpc) is 3.04. The SMILES string of the molecule is Cl.c1c(C2=NCCCN2)c2ccc3c(C4=NCCCN4)cc(C4=NCCCN4)c4ccc(c1C1=NCCCN1)c2c34. The number of rotatable bonds is 4. The van der Waals surface area contributed by atoms with E-state index in [1.165, 1.54) is 32.3 Å². The first-order valence-corrected chi connectivity index (χ1v) is 14.8. The zero-order valence-corrected chi connectivity index (χ0v) is 24.0. The molecule has 0 bridgehead atoms. The Labute approximate surface area is 245 Å². The Morgan fingerprint density at radius 2 is 0.683 bits per heavy atom. The molecule has 4 aromatic carbocycles. The highest BCUT2D eigenvalue weighted by molar-refractivity contribution is 6.34. The first kappa shape index (κ1) is 26.0. The van der Waals surface area contributed by atoms with Crippen LogP contribution in [0.25, 0.3) is 32.3 Å². The van der Waals surface area contributed by atoms with Gasteiger partial charge in [0.2, 0.25) is 0 Å². The highest BCUT2D eigenvalue weighted by Crippen LogP contribution is 2.41. The summed E-state index contributed by atoms with van der Waals surface area (Å²) in [5.74, 6) is 3.94. The van der Waals surface area contributed by atoms with E-state index in [0.717, 1.165) is 124 Å². The van der Waals surface area contributed by atoms with Crippen molar-refractivity contribution in [2.24, 2.45) is 20.0 Å². The van der Waals surface area contributed by atoms with E-state index in [0.29, 0.717) is 0 Å². The number of aliphatic imine (C=N–C) groups is 4. The summed E-state index contributed by atoms with van der Waals surface area (Å²) >= 11 is 0. The summed E-state index contributed by atoms with van der Waals surface area (Å²) in [5, 5.41) is 21.8. The molecule has 8 rings (SSSR count). The molecule has 4 aliphatic heterocycles. The molecular weight excluding hydrogens is 532 g/mol. The molecule has 210 valence electrons. The van der Waals surface area contributed by atoms with Gasteiger partial charge < -0.3 is 21.3 Å². The number of nitrogens with one attached hydrogen (secondary N) is 4. The molecule has 0 saturated heterocycles. The molecule has 4 N–H and O–H groups in total. The summed E-state index contributed by atoms with van der Waals surface area (Å²) in [6.07, 6.45) is 4.25. The lowest BCUT2D eigenvalue weighted by molar-refractivity contribution is 0.741. The van der Waals surface area contributed by atoms with Gasteiger partial charge in [0.1, 0.15) is 23.3 Å². The summed E-state index contributed by atoms with van der Waals surface area (Å²) in [6.45, 7) is 7.19. The molecule has 8 nitrogen and oxygen atoms in total. The summed E-state index contributed by atoms with van der Waals surface area (Å²) in [5.41, 5.74) is 4.61. The number of nitrogens with zero attached hydrogens (tertiary/aromatic N) is 4. The fraction of sp³-hybridized carbons (Fsp3) is 0.375. The first-order chi connectivity index (χ1) is 19.9. The van der Waals surface area contributed by atoms with Crippen LogP contribution >= 0.6 is 12.4 Å². The summed E-state index contributed by atoms with van der Waals surface area (Å²) in [4.78, 5) is 19.7. The minimum atomic E-state index is 0. The Morgan fingerprint density at radius 1 is 0.415 bits per heavy atom. The molecule has 0 saturated carbocycles. The molecule has 0 spiro atoms. The maximum Gasteiger partial charge on any atom is 0.128 e. The molecule has 4 heterocycles. The van der Waals surface area contributed by atoms with E-state index in [4.69, 9.17) is 20.0 Å². The Kier molecular flexibility index (Phi) is 6.87. The molecule has 0 atom stereocenters. The van der Waals surface area contributed by atoms with Gasteiger partial charge in [-0.05, 0) is 70.1 Å². The summed E-state index contributed by atoms with van der Waals surface area (Å²) in [7, 11) is 0. The Bertz CT molecular complexity index is 1520. The third-order valence-electron chi connectivity index (χ3n) is 8.51. The number of amidine groups is 4. The van der Waals surface area contributed by atoms with Gasteiger partial charge in [0.15, 0.2) is 0 Å². The van der Waals surface area contributed by atoms with E-state index in [1.807, 2.05) is 0 Å². The van der Waals surface area contributed by atoms with Crippen LogP contribution in [0.1, 0.15) is 47.9 Å². The second-order valence-corrected chi connectivity index (χ2v) is 11.1. The minimum Gasteiger partial charge on any atom is -0.370 e. The largest absolute Gasteiger partial charge is 0.370 e. The van der Waals surface area contributed by atoms with Crippen molar-refractivity contribution in [3.8, 4) is 0 Å². The molecule has 0 radical (unpaired) electrons. The third kappa shape index (κ3) is 4.36. The van der Waals surface area contributed by atoms with E-state index < -0.39 is 0 Å². The van der Waals surface area contributed by atoms with E-state index >= 15 is 0 Å². The topological polar surface area (TPSA) is 97.6 Å². The lowest BCUT2D eigenvalue weighted by Crippen LogP contribution is -2.33. The van der Waals surface area contributed by atoms with E-state index in [1.54, 1.807) is 0 Å². The Morgan fingerprint density at radius 3 is 0.902 bits per heavy atom. The van der Waals surface area contributed by atoms with E-state index in [-0.39, 0.29) is 12.4 Å². The van der Waals surface area contributed by atoms with Gasteiger partial charge in [0.05, 0.1) is 0 Å². The van der Waals surface area contributed by atoms with Crippen LogP contribution in [0.3, 0.4) is 0 Å². The zero-order chi connectivity index (χ0) is 26.5. The number of hydrogen-bond acceptors (Lipinski definition) is 8. The van der Waals surface area contributed by atoms with Gasteiger partial charge in [-0.15, -0.1) is 12.4 Å². The van der Waals surface area contributed by atoms with Crippen LogP contribution in [0.4, 0.5) is 0 Å². The van der Waals surface area contributed by atoms with Crippen LogP contribution in [0, 0.1) is 0 Å². The second kappa shape index (κ2) is 10.8. The van der Waals surface area contributed by atoms with Crippen LogP contribution in [-0.2, 0) is 0 Å². The third-order valence-corrected chi connectivity index (χ3v) is 8.51. The maximum absolute atomic E-state index is 4.94. The van der Waals surface area contributed by atoms with Crippen molar-refractivity contribution in [2.45, 2.75) is 25.7 Å². The van der Waals surface area contributed by atoms with Gasteiger partial charge in [-0.2, -0.15) is 0 Å². The smallest absolute Gasteiger partial charge is 0.128 e. The van der Waals surface area contributed by atoms with Crippen LogP contribution in [-0.4, -0.2) is 75.7 Å². The van der Waals surface area contributed by atoms with Crippen molar-refractivity contribution < 1.29 is 0 Å². The average molecular weight is 567 g/mol. The number of halogens is 1. The van der Waals surface area contributed by atoms with Crippen LogP contribution < -0.4 is 21.3 Å². The molecular formula is C32H35ClN8. The van der Waals surface area contributed by atoms with Crippen molar-refractivity contribution >= 4 is 68.1 Å². The van der Waals surface area contributed by atoms with Gasteiger partial charge in [-0.1, -0.05) is 24.3 Å².